The molecule has 0 radical (unpaired) electrons. The predicted molar refractivity (Wildman–Crippen MR) is 104 cm³/mol. The highest BCUT2D eigenvalue weighted by Crippen LogP contribution is 2.19. The van der Waals surface area contributed by atoms with Gasteiger partial charge >= 0.3 is 5.97 Å². The number of ether oxygens (including phenoxy) is 1. The molecule has 0 aliphatic carbocycles. The van der Waals surface area contributed by atoms with Gasteiger partial charge in [-0.1, -0.05) is 23.8 Å². The molecular formula is C21H19N3O3. The van der Waals surface area contributed by atoms with Crippen molar-refractivity contribution in [1.82, 2.24) is 4.98 Å². The molecule has 2 aromatic carbocycles. The van der Waals surface area contributed by atoms with Gasteiger partial charge in [-0.2, -0.15) is 0 Å². The van der Waals surface area contributed by atoms with Gasteiger partial charge in [0.05, 0.1) is 24.6 Å². The van der Waals surface area contributed by atoms with Crippen LogP contribution in [0.15, 0.2) is 66.9 Å². The molecule has 136 valence electrons. The topological polar surface area (TPSA) is 80.3 Å². The van der Waals surface area contributed by atoms with Crippen LogP contribution in [0, 0.1) is 6.92 Å². The number of nitrogens with zero attached hydrogens (tertiary/aromatic N) is 1. The number of pyridine rings is 1. The van der Waals surface area contributed by atoms with Gasteiger partial charge < -0.3 is 15.4 Å². The van der Waals surface area contributed by atoms with Gasteiger partial charge in [-0.25, -0.2) is 9.78 Å². The van der Waals surface area contributed by atoms with Gasteiger partial charge in [0.25, 0.3) is 5.91 Å². The third-order valence-corrected chi connectivity index (χ3v) is 3.89. The maximum atomic E-state index is 12.2. The van der Waals surface area contributed by atoms with E-state index in [1.54, 1.807) is 48.7 Å². The van der Waals surface area contributed by atoms with Gasteiger partial charge in [0.2, 0.25) is 0 Å². The summed E-state index contributed by atoms with van der Waals surface area (Å²) in [6.07, 6.45) is 1.61. The summed E-state index contributed by atoms with van der Waals surface area (Å²) in [4.78, 5) is 28.1. The highest BCUT2D eigenvalue weighted by Gasteiger charge is 2.08. The molecule has 6 nitrogen and oxygen atoms in total. The Bertz CT molecular complexity index is 951. The van der Waals surface area contributed by atoms with Crippen LogP contribution < -0.4 is 10.6 Å². The maximum Gasteiger partial charge on any atom is 0.337 e. The molecule has 0 saturated heterocycles. The number of esters is 1. The van der Waals surface area contributed by atoms with E-state index in [0.29, 0.717) is 16.9 Å². The molecule has 3 rings (SSSR count). The lowest BCUT2D eigenvalue weighted by Gasteiger charge is -2.09. The van der Waals surface area contributed by atoms with E-state index in [4.69, 9.17) is 4.74 Å². The summed E-state index contributed by atoms with van der Waals surface area (Å²) in [6, 6.07) is 17.8. The van der Waals surface area contributed by atoms with E-state index in [1.807, 2.05) is 25.1 Å². The lowest BCUT2D eigenvalue weighted by atomic mass is 10.1. The molecule has 6 heteroatoms. The highest BCUT2D eigenvalue weighted by atomic mass is 16.5. The molecule has 1 heterocycles. The molecule has 27 heavy (non-hydrogen) atoms. The average Bonchev–Trinajstić information content (AvgIpc) is 2.69. The number of aromatic nitrogens is 1. The second kappa shape index (κ2) is 8.14. The Kier molecular flexibility index (Phi) is 5.47. The summed E-state index contributed by atoms with van der Waals surface area (Å²) in [5, 5.41) is 5.92. The fraction of sp³-hybridized carbons (Fsp3) is 0.0952. The molecule has 0 saturated carbocycles. The van der Waals surface area contributed by atoms with Crippen LogP contribution in [0.25, 0.3) is 0 Å². The summed E-state index contributed by atoms with van der Waals surface area (Å²) in [6.45, 7) is 1.97. The predicted octanol–water partition coefficient (Wildman–Crippen LogP) is 4.17. The van der Waals surface area contributed by atoms with Gasteiger partial charge in [-0.3, -0.25) is 4.79 Å². The maximum absolute atomic E-state index is 12.2. The van der Waals surface area contributed by atoms with Gasteiger partial charge in [0, 0.05) is 11.3 Å². The normalized spacial score (nSPS) is 10.1. The fourth-order valence-corrected chi connectivity index (χ4v) is 2.44. The number of methoxy groups -OCH3 is 1. The molecule has 0 spiro atoms. The summed E-state index contributed by atoms with van der Waals surface area (Å²) in [5.74, 6) is -0.158. The number of aryl methyl sites for hydroxylation is 1. The second-order valence-corrected chi connectivity index (χ2v) is 5.95. The van der Waals surface area contributed by atoms with Gasteiger partial charge in [0.1, 0.15) is 5.82 Å². The first kappa shape index (κ1) is 18.1. The molecule has 0 aliphatic heterocycles. The standard InChI is InChI=1S/C21H19N3O3/c1-14-6-8-15(9-7-14)20(25)24-19-11-10-18(13-22-19)23-17-5-3-4-16(12-17)21(26)27-2/h3-13,23H,1-2H3,(H,22,24,25). The minimum atomic E-state index is -0.397. The number of amides is 1. The molecule has 1 aromatic heterocycles. The zero-order valence-electron chi connectivity index (χ0n) is 15.0. The summed E-state index contributed by atoms with van der Waals surface area (Å²) < 4.78 is 4.72. The van der Waals surface area contributed by atoms with Crippen LogP contribution >= 0.6 is 0 Å². The summed E-state index contributed by atoms with van der Waals surface area (Å²) in [5.41, 5.74) is 3.58. The van der Waals surface area contributed by atoms with Crippen molar-refractivity contribution in [3.05, 3.63) is 83.6 Å². The summed E-state index contributed by atoms with van der Waals surface area (Å²) >= 11 is 0. The van der Waals surface area contributed by atoms with Crippen molar-refractivity contribution in [3.8, 4) is 0 Å². The Morgan fingerprint density at radius 2 is 1.70 bits per heavy atom. The van der Waals surface area contributed by atoms with E-state index in [1.165, 1.54) is 7.11 Å². The van der Waals surface area contributed by atoms with Crippen LogP contribution in [0.5, 0.6) is 0 Å². The lowest BCUT2D eigenvalue weighted by molar-refractivity contribution is 0.0600. The minimum Gasteiger partial charge on any atom is -0.465 e. The Labute approximate surface area is 157 Å². The van der Waals surface area contributed by atoms with E-state index in [0.717, 1.165) is 16.9 Å². The first-order valence-electron chi connectivity index (χ1n) is 8.34. The van der Waals surface area contributed by atoms with Crippen LogP contribution in [-0.2, 0) is 4.74 Å². The van der Waals surface area contributed by atoms with Crippen LogP contribution in [-0.4, -0.2) is 24.0 Å². The van der Waals surface area contributed by atoms with Crippen molar-refractivity contribution in [3.63, 3.8) is 0 Å². The zero-order chi connectivity index (χ0) is 19.2. The van der Waals surface area contributed by atoms with Crippen molar-refractivity contribution in [2.75, 3.05) is 17.7 Å². The van der Waals surface area contributed by atoms with E-state index in [9.17, 15) is 9.59 Å². The number of carbonyl (C=O) groups excluding carboxylic acids is 2. The molecule has 1 amide bonds. The molecule has 3 aromatic rings. The first-order chi connectivity index (χ1) is 13.0. The van der Waals surface area contributed by atoms with Crippen LogP contribution in [0.4, 0.5) is 17.2 Å². The molecule has 0 bridgehead atoms. The molecular weight excluding hydrogens is 342 g/mol. The quantitative estimate of drug-likeness (QED) is 0.667. The third-order valence-electron chi connectivity index (χ3n) is 3.89. The Balaban J connectivity index is 1.66. The number of rotatable bonds is 5. The van der Waals surface area contributed by atoms with Crippen molar-refractivity contribution >= 4 is 29.1 Å². The van der Waals surface area contributed by atoms with Crippen LogP contribution in [0.3, 0.4) is 0 Å². The van der Waals surface area contributed by atoms with E-state index >= 15 is 0 Å². The number of benzene rings is 2. The monoisotopic (exact) mass is 361 g/mol. The van der Waals surface area contributed by atoms with E-state index in [-0.39, 0.29) is 5.91 Å². The average molecular weight is 361 g/mol. The molecule has 2 N–H and O–H groups in total. The molecule has 0 aliphatic rings. The smallest absolute Gasteiger partial charge is 0.337 e. The molecule has 0 unspecified atom stereocenters. The fourth-order valence-electron chi connectivity index (χ4n) is 2.44. The van der Waals surface area contributed by atoms with Crippen molar-refractivity contribution in [1.29, 1.82) is 0 Å². The van der Waals surface area contributed by atoms with Gasteiger partial charge in [-0.15, -0.1) is 0 Å². The third kappa shape index (κ3) is 4.70. The first-order valence-corrected chi connectivity index (χ1v) is 8.34. The zero-order valence-corrected chi connectivity index (χ0v) is 15.0. The summed E-state index contributed by atoms with van der Waals surface area (Å²) in [7, 11) is 1.34. The number of hydrogen-bond donors (Lipinski definition) is 2. The number of carbonyl (C=O) groups is 2. The Morgan fingerprint density at radius 3 is 2.37 bits per heavy atom. The van der Waals surface area contributed by atoms with E-state index < -0.39 is 5.97 Å². The van der Waals surface area contributed by atoms with Gasteiger partial charge in [-0.05, 0) is 49.4 Å². The Morgan fingerprint density at radius 1 is 0.926 bits per heavy atom. The van der Waals surface area contributed by atoms with Crippen LogP contribution in [0.2, 0.25) is 0 Å². The number of nitrogens with one attached hydrogen (secondary N) is 2. The van der Waals surface area contributed by atoms with Crippen molar-refractivity contribution < 1.29 is 14.3 Å². The number of hydrogen-bond acceptors (Lipinski definition) is 5. The number of anilines is 3. The molecule has 0 fully saturated rings. The molecule has 0 atom stereocenters. The van der Waals surface area contributed by atoms with Crippen LogP contribution in [0.1, 0.15) is 26.3 Å². The SMILES string of the molecule is COC(=O)c1cccc(Nc2ccc(NC(=O)c3ccc(C)cc3)nc2)c1. The van der Waals surface area contributed by atoms with E-state index in [2.05, 4.69) is 15.6 Å². The second-order valence-electron chi connectivity index (χ2n) is 5.95. The largest absolute Gasteiger partial charge is 0.465 e. The van der Waals surface area contributed by atoms with Gasteiger partial charge in [0.15, 0.2) is 0 Å². The lowest BCUT2D eigenvalue weighted by Crippen LogP contribution is -2.12. The minimum absolute atomic E-state index is 0.214. The van der Waals surface area contributed by atoms with Crippen molar-refractivity contribution in [2.45, 2.75) is 6.92 Å². The Hall–Kier alpha value is -3.67. The highest BCUT2D eigenvalue weighted by molar-refractivity contribution is 6.03. The van der Waals surface area contributed by atoms with Crippen molar-refractivity contribution in [2.24, 2.45) is 0 Å².